The summed E-state index contributed by atoms with van der Waals surface area (Å²) < 4.78 is 0. The number of amides is 3. The van der Waals surface area contributed by atoms with E-state index in [1.165, 1.54) is 0 Å². The first-order chi connectivity index (χ1) is 9.81. The van der Waals surface area contributed by atoms with E-state index in [4.69, 9.17) is 10.8 Å². The molecule has 1 heterocycles. The molecule has 0 saturated carbocycles. The zero-order valence-corrected chi connectivity index (χ0v) is 12.7. The fourth-order valence-corrected chi connectivity index (χ4v) is 2.46. The van der Waals surface area contributed by atoms with Gasteiger partial charge in [0.2, 0.25) is 5.91 Å². The molecule has 1 aliphatic rings. The van der Waals surface area contributed by atoms with Crippen LogP contribution in [0.5, 0.6) is 0 Å². The number of hydrogen-bond donors (Lipinski definition) is 3. The minimum atomic E-state index is -0.831. The maximum Gasteiger partial charge on any atom is 0.317 e. The second kappa shape index (κ2) is 7.85. The lowest BCUT2D eigenvalue weighted by Gasteiger charge is -2.37. The lowest BCUT2D eigenvalue weighted by molar-refractivity contribution is -0.137. The number of urea groups is 1. The Bertz CT molecular complexity index is 400. The van der Waals surface area contributed by atoms with E-state index in [1.54, 1.807) is 4.90 Å². The summed E-state index contributed by atoms with van der Waals surface area (Å²) >= 11 is 0. The van der Waals surface area contributed by atoms with Gasteiger partial charge in [0.05, 0.1) is 5.92 Å². The highest BCUT2D eigenvalue weighted by atomic mass is 16.4. The van der Waals surface area contributed by atoms with Crippen molar-refractivity contribution < 1.29 is 19.5 Å². The van der Waals surface area contributed by atoms with Gasteiger partial charge in [-0.15, -0.1) is 0 Å². The summed E-state index contributed by atoms with van der Waals surface area (Å²) in [5, 5.41) is 11.4. The van der Waals surface area contributed by atoms with Crippen LogP contribution in [0.4, 0.5) is 4.79 Å². The van der Waals surface area contributed by atoms with Crippen LogP contribution in [-0.2, 0) is 9.59 Å². The second-order valence-electron chi connectivity index (χ2n) is 5.90. The van der Waals surface area contributed by atoms with Crippen LogP contribution >= 0.6 is 0 Å². The molecule has 1 rings (SSSR count). The Morgan fingerprint density at radius 2 is 2.05 bits per heavy atom. The topological polar surface area (TPSA) is 113 Å². The predicted molar refractivity (Wildman–Crippen MR) is 77.5 cm³/mol. The van der Waals surface area contributed by atoms with Gasteiger partial charge in [0.1, 0.15) is 0 Å². The van der Waals surface area contributed by atoms with Gasteiger partial charge in [-0.2, -0.15) is 0 Å². The molecule has 120 valence electrons. The molecule has 0 bridgehead atoms. The van der Waals surface area contributed by atoms with Crippen LogP contribution in [0.3, 0.4) is 0 Å². The number of carboxylic acid groups (broad SMARTS) is 1. The van der Waals surface area contributed by atoms with Crippen molar-refractivity contribution in [1.82, 2.24) is 10.2 Å². The minimum absolute atomic E-state index is 0.0786. The number of likely N-dealkylation sites (tertiary alicyclic amines) is 1. The van der Waals surface area contributed by atoms with Gasteiger partial charge >= 0.3 is 12.0 Å². The molecule has 0 radical (unpaired) electrons. The summed E-state index contributed by atoms with van der Waals surface area (Å²) in [5.41, 5.74) is 5.31. The molecule has 4 N–H and O–H groups in total. The largest absolute Gasteiger partial charge is 0.481 e. The average Bonchev–Trinajstić information content (AvgIpc) is 2.42. The van der Waals surface area contributed by atoms with Crippen LogP contribution in [0.2, 0.25) is 0 Å². The molecule has 3 atom stereocenters. The van der Waals surface area contributed by atoms with Crippen molar-refractivity contribution in [2.24, 2.45) is 17.6 Å². The Morgan fingerprint density at radius 1 is 1.38 bits per heavy atom. The van der Waals surface area contributed by atoms with Crippen LogP contribution in [0.25, 0.3) is 0 Å². The summed E-state index contributed by atoms with van der Waals surface area (Å²) in [6.45, 7) is 4.63. The summed E-state index contributed by atoms with van der Waals surface area (Å²) in [6, 6.07) is -0.134. The Morgan fingerprint density at radius 3 is 2.62 bits per heavy atom. The standard InChI is InChI=1S/C14H25N3O4/c1-9(3-6-12(18)19)7-16-14(21)17-8-11(13(15)20)5-4-10(17)2/h9-11H,3-8H2,1-2H3,(H2,15,20)(H,16,21)(H,18,19). The normalized spacial score (nSPS) is 23.4. The fraction of sp³-hybridized carbons (Fsp3) is 0.786. The van der Waals surface area contributed by atoms with E-state index in [1.807, 2.05) is 13.8 Å². The smallest absolute Gasteiger partial charge is 0.317 e. The van der Waals surface area contributed by atoms with E-state index in [2.05, 4.69) is 5.32 Å². The fourth-order valence-electron chi connectivity index (χ4n) is 2.46. The number of nitrogens with one attached hydrogen (secondary N) is 1. The molecule has 0 aromatic rings. The quantitative estimate of drug-likeness (QED) is 0.672. The van der Waals surface area contributed by atoms with E-state index < -0.39 is 5.97 Å². The van der Waals surface area contributed by atoms with E-state index in [9.17, 15) is 14.4 Å². The summed E-state index contributed by atoms with van der Waals surface area (Å²) in [4.78, 5) is 35.6. The minimum Gasteiger partial charge on any atom is -0.481 e. The zero-order valence-electron chi connectivity index (χ0n) is 12.7. The van der Waals surface area contributed by atoms with Gasteiger partial charge in [-0.25, -0.2) is 4.79 Å². The number of aliphatic carboxylic acids is 1. The van der Waals surface area contributed by atoms with Gasteiger partial charge in [-0.05, 0) is 32.1 Å². The van der Waals surface area contributed by atoms with Gasteiger partial charge in [0.25, 0.3) is 0 Å². The molecule has 1 aliphatic heterocycles. The molecule has 21 heavy (non-hydrogen) atoms. The number of carboxylic acids is 1. The number of rotatable bonds is 6. The molecule has 1 fully saturated rings. The van der Waals surface area contributed by atoms with Crippen molar-refractivity contribution in [1.29, 1.82) is 0 Å². The number of nitrogens with two attached hydrogens (primary N) is 1. The monoisotopic (exact) mass is 299 g/mol. The second-order valence-corrected chi connectivity index (χ2v) is 5.90. The molecule has 7 nitrogen and oxygen atoms in total. The van der Waals surface area contributed by atoms with E-state index >= 15 is 0 Å². The molecule has 0 spiro atoms. The third kappa shape index (κ3) is 5.61. The molecular weight excluding hydrogens is 274 g/mol. The van der Waals surface area contributed by atoms with Crippen molar-refractivity contribution in [3.05, 3.63) is 0 Å². The van der Waals surface area contributed by atoms with Crippen LogP contribution in [0.1, 0.15) is 39.5 Å². The number of hydrogen-bond acceptors (Lipinski definition) is 3. The number of primary amides is 1. The van der Waals surface area contributed by atoms with Crippen LogP contribution in [0, 0.1) is 11.8 Å². The Kier molecular flexibility index (Phi) is 6.45. The molecule has 1 saturated heterocycles. The van der Waals surface area contributed by atoms with Gasteiger partial charge in [-0.3, -0.25) is 9.59 Å². The lowest BCUT2D eigenvalue weighted by atomic mass is 9.93. The maximum atomic E-state index is 12.2. The van der Waals surface area contributed by atoms with E-state index in [0.29, 0.717) is 19.5 Å². The molecule has 0 aliphatic carbocycles. The highest BCUT2D eigenvalue weighted by molar-refractivity contribution is 5.79. The number of carbonyl (C=O) groups is 3. The first-order valence-electron chi connectivity index (χ1n) is 7.36. The number of carbonyl (C=O) groups excluding carboxylic acids is 2. The van der Waals surface area contributed by atoms with Gasteiger partial charge in [-0.1, -0.05) is 6.92 Å². The molecule has 3 unspecified atom stereocenters. The molecule has 3 amide bonds. The Balaban J connectivity index is 2.42. The summed E-state index contributed by atoms with van der Waals surface area (Å²) in [5.74, 6) is -1.38. The summed E-state index contributed by atoms with van der Waals surface area (Å²) in [7, 11) is 0. The number of nitrogens with zero attached hydrogens (tertiary/aromatic N) is 1. The summed E-state index contributed by atoms with van der Waals surface area (Å²) in [6.07, 6.45) is 2.10. The average molecular weight is 299 g/mol. The zero-order chi connectivity index (χ0) is 16.0. The van der Waals surface area contributed by atoms with Crippen molar-refractivity contribution in [3.63, 3.8) is 0 Å². The van der Waals surface area contributed by atoms with Gasteiger partial charge in [0.15, 0.2) is 0 Å². The molecule has 0 aromatic carbocycles. The van der Waals surface area contributed by atoms with Crippen LogP contribution in [-0.4, -0.2) is 47.0 Å². The first-order valence-corrected chi connectivity index (χ1v) is 7.36. The first kappa shape index (κ1) is 17.3. The van der Waals surface area contributed by atoms with E-state index in [0.717, 1.165) is 12.8 Å². The maximum absolute atomic E-state index is 12.2. The van der Waals surface area contributed by atoms with E-state index in [-0.39, 0.29) is 36.2 Å². The molecule has 0 aromatic heterocycles. The predicted octanol–water partition coefficient (Wildman–Crippen LogP) is 0.783. The number of piperidine rings is 1. The van der Waals surface area contributed by atoms with Crippen molar-refractivity contribution in [3.8, 4) is 0 Å². The van der Waals surface area contributed by atoms with Crippen molar-refractivity contribution in [2.45, 2.75) is 45.6 Å². The highest BCUT2D eigenvalue weighted by Gasteiger charge is 2.31. The molecule has 7 heteroatoms. The SMILES string of the molecule is CC(CCC(=O)O)CNC(=O)N1CC(C(N)=O)CCC1C. The third-order valence-electron chi connectivity index (χ3n) is 4.00. The molecular formula is C14H25N3O4. The highest BCUT2D eigenvalue weighted by Crippen LogP contribution is 2.21. The van der Waals surface area contributed by atoms with Crippen LogP contribution in [0.15, 0.2) is 0 Å². The van der Waals surface area contributed by atoms with Gasteiger partial charge < -0.3 is 21.1 Å². The van der Waals surface area contributed by atoms with Crippen molar-refractivity contribution >= 4 is 17.9 Å². The van der Waals surface area contributed by atoms with Gasteiger partial charge in [0, 0.05) is 25.6 Å². The lowest BCUT2D eigenvalue weighted by Crippen LogP contribution is -2.52. The van der Waals surface area contributed by atoms with Crippen LogP contribution < -0.4 is 11.1 Å². The van der Waals surface area contributed by atoms with Crippen molar-refractivity contribution in [2.75, 3.05) is 13.1 Å². The Hall–Kier alpha value is -1.79. The Labute approximate surface area is 124 Å². The third-order valence-corrected chi connectivity index (χ3v) is 4.00.